The second-order valence-electron chi connectivity index (χ2n) is 7.22. The van der Waals surface area contributed by atoms with Crippen molar-refractivity contribution in [3.05, 3.63) is 78.4 Å². The molecule has 0 aliphatic carbocycles. The highest BCUT2D eigenvalue weighted by molar-refractivity contribution is 5.72. The van der Waals surface area contributed by atoms with E-state index >= 15 is 0 Å². The molecule has 0 amide bonds. The van der Waals surface area contributed by atoms with Crippen LogP contribution in [-0.4, -0.2) is 32.8 Å². The first kappa shape index (κ1) is 16.3. The molecule has 1 aliphatic rings. The van der Waals surface area contributed by atoms with E-state index in [2.05, 4.69) is 28.3 Å². The van der Waals surface area contributed by atoms with Gasteiger partial charge in [-0.15, -0.1) is 0 Å². The van der Waals surface area contributed by atoms with E-state index in [-0.39, 0.29) is 0 Å². The van der Waals surface area contributed by atoms with E-state index in [9.17, 15) is 0 Å². The summed E-state index contributed by atoms with van der Waals surface area (Å²) in [7, 11) is 0. The molecule has 4 aromatic rings. The molecule has 2 aromatic heterocycles. The molecule has 5 nitrogen and oxygen atoms in total. The quantitative estimate of drug-likeness (QED) is 0.543. The van der Waals surface area contributed by atoms with Gasteiger partial charge in [-0.3, -0.25) is 4.90 Å². The van der Waals surface area contributed by atoms with E-state index in [1.54, 1.807) is 0 Å². The summed E-state index contributed by atoms with van der Waals surface area (Å²) in [6, 6.07) is 18.2. The largest absolute Gasteiger partial charge is 0.440 e. The highest BCUT2D eigenvalue weighted by atomic mass is 16.3. The predicted octanol–water partition coefficient (Wildman–Crippen LogP) is 4.39. The molecule has 0 spiro atoms. The molecule has 0 saturated carbocycles. The molecular formula is C22H22N4O. The maximum Gasteiger partial charge on any atom is 0.199 e. The third-order valence-electron chi connectivity index (χ3n) is 5.23. The van der Waals surface area contributed by atoms with Gasteiger partial charge < -0.3 is 4.42 Å². The second kappa shape index (κ2) is 7.00. The van der Waals surface area contributed by atoms with Gasteiger partial charge in [-0.05, 0) is 43.7 Å². The van der Waals surface area contributed by atoms with Gasteiger partial charge in [-0.2, -0.15) is 5.10 Å². The smallest absolute Gasteiger partial charge is 0.199 e. The van der Waals surface area contributed by atoms with Gasteiger partial charge in [0.25, 0.3) is 0 Å². The van der Waals surface area contributed by atoms with E-state index in [0.717, 1.165) is 55.2 Å². The zero-order chi connectivity index (χ0) is 18.1. The van der Waals surface area contributed by atoms with Crippen molar-refractivity contribution in [1.29, 1.82) is 0 Å². The van der Waals surface area contributed by atoms with Crippen LogP contribution in [0.3, 0.4) is 0 Å². The van der Waals surface area contributed by atoms with Crippen molar-refractivity contribution >= 4 is 11.1 Å². The topological polar surface area (TPSA) is 47.1 Å². The average molecular weight is 358 g/mol. The third-order valence-corrected chi connectivity index (χ3v) is 5.23. The average Bonchev–Trinajstić information content (AvgIpc) is 3.36. The summed E-state index contributed by atoms with van der Waals surface area (Å²) in [6.07, 6.45) is 6.39. The zero-order valence-electron chi connectivity index (χ0n) is 15.2. The third kappa shape index (κ3) is 3.38. The highest BCUT2D eigenvalue weighted by Crippen LogP contribution is 2.29. The Morgan fingerprint density at radius 2 is 1.89 bits per heavy atom. The highest BCUT2D eigenvalue weighted by Gasteiger charge is 2.25. The van der Waals surface area contributed by atoms with Gasteiger partial charge in [0.05, 0.1) is 11.9 Å². The van der Waals surface area contributed by atoms with Crippen molar-refractivity contribution in [3.8, 4) is 5.69 Å². The first-order valence-electron chi connectivity index (χ1n) is 9.52. The first-order chi connectivity index (χ1) is 13.3. The van der Waals surface area contributed by atoms with Crippen LogP contribution in [0.5, 0.6) is 0 Å². The molecule has 3 heterocycles. The SMILES string of the molecule is c1ccc(-n2cc(CN3CCCC(c4nc5ccccc5o4)C3)cn2)cc1. The lowest BCUT2D eigenvalue weighted by atomic mass is 9.98. The Morgan fingerprint density at radius 1 is 1.04 bits per heavy atom. The van der Waals surface area contributed by atoms with Crippen LogP contribution >= 0.6 is 0 Å². The Balaban J connectivity index is 1.29. The van der Waals surface area contributed by atoms with Crippen molar-refractivity contribution in [2.24, 2.45) is 0 Å². The van der Waals surface area contributed by atoms with Crippen LogP contribution < -0.4 is 0 Å². The van der Waals surface area contributed by atoms with Crippen molar-refractivity contribution in [2.75, 3.05) is 13.1 Å². The lowest BCUT2D eigenvalue weighted by Crippen LogP contribution is -2.33. The standard InChI is InChI=1S/C22H22N4O/c1-2-8-19(9-3-1)26-15-17(13-23-26)14-25-12-6-7-18(16-25)22-24-20-10-4-5-11-21(20)27-22/h1-5,8-11,13,15,18H,6-7,12,14,16H2. The number of para-hydroxylation sites is 3. The molecule has 5 rings (SSSR count). The number of hydrogen-bond donors (Lipinski definition) is 0. The summed E-state index contributed by atoms with van der Waals surface area (Å²) in [5.41, 5.74) is 4.16. The normalized spacial score (nSPS) is 18.1. The van der Waals surface area contributed by atoms with Gasteiger partial charge in [0.1, 0.15) is 5.52 Å². The van der Waals surface area contributed by atoms with Gasteiger partial charge in [0.15, 0.2) is 11.5 Å². The van der Waals surface area contributed by atoms with Crippen LogP contribution in [0.1, 0.15) is 30.2 Å². The van der Waals surface area contributed by atoms with E-state index in [4.69, 9.17) is 9.40 Å². The molecule has 0 N–H and O–H groups in total. The molecule has 1 fully saturated rings. The van der Waals surface area contributed by atoms with Crippen LogP contribution in [0.4, 0.5) is 0 Å². The molecule has 27 heavy (non-hydrogen) atoms. The summed E-state index contributed by atoms with van der Waals surface area (Å²) < 4.78 is 7.96. The molecule has 5 heteroatoms. The Hall–Kier alpha value is -2.92. The molecule has 0 radical (unpaired) electrons. The number of rotatable bonds is 4. The molecule has 1 aliphatic heterocycles. The minimum Gasteiger partial charge on any atom is -0.440 e. The minimum absolute atomic E-state index is 0.357. The predicted molar refractivity (Wildman–Crippen MR) is 105 cm³/mol. The summed E-state index contributed by atoms with van der Waals surface area (Å²) >= 11 is 0. The van der Waals surface area contributed by atoms with Gasteiger partial charge in [-0.1, -0.05) is 30.3 Å². The first-order valence-corrected chi connectivity index (χ1v) is 9.52. The maximum absolute atomic E-state index is 6.01. The Morgan fingerprint density at radius 3 is 2.78 bits per heavy atom. The summed E-state index contributed by atoms with van der Waals surface area (Å²) in [5.74, 6) is 1.23. The van der Waals surface area contributed by atoms with Gasteiger partial charge in [-0.25, -0.2) is 9.67 Å². The second-order valence-corrected chi connectivity index (χ2v) is 7.22. The monoisotopic (exact) mass is 358 g/mol. The van der Waals surface area contributed by atoms with Crippen molar-refractivity contribution in [3.63, 3.8) is 0 Å². The van der Waals surface area contributed by atoms with Gasteiger partial charge in [0, 0.05) is 30.8 Å². The number of likely N-dealkylation sites (tertiary alicyclic amines) is 1. The summed E-state index contributed by atoms with van der Waals surface area (Å²) in [6.45, 7) is 2.99. The van der Waals surface area contributed by atoms with E-state index < -0.39 is 0 Å². The van der Waals surface area contributed by atoms with Crippen LogP contribution in [0.2, 0.25) is 0 Å². The Labute approximate surface area is 158 Å². The molecule has 0 bridgehead atoms. The van der Waals surface area contributed by atoms with Crippen molar-refractivity contribution < 1.29 is 4.42 Å². The number of nitrogens with zero attached hydrogens (tertiary/aromatic N) is 4. The fraction of sp³-hybridized carbons (Fsp3) is 0.273. The molecular weight excluding hydrogens is 336 g/mol. The van der Waals surface area contributed by atoms with Crippen LogP contribution in [-0.2, 0) is 6.54 Å². The summed E-state index contributed by atoms with van der Waals surface area (Å²) in [5, 5.41) is 4.52. The molecule has 136 valence electrons. The van der Waals surface area contributed by atoms with E-state index in [1.807, 2.05) is 53.3 Å². The number of oxazole rings is 1. The minimum atomic E-state index is 0.357. The fourth-order valence-corrected chi connectivity index (χ4v) is 3.89. The number of benzene rings is 2. The van der Waals surface area contributed by atoms with Crippen LogP contribution in [0, 0.1) is 0 Å². The van der Waals surface area contributed by atoms with E-state index in [1.165, 1.54) is 5.56 Å². The van der Waals surface area contributed by atoms with Crippen LogP contribution in [0.15, 0.2) is 71.4 Å². The summed E-state index contributed by atoms with van der Waals surface area (Å²) in [4.78, 5) is 7.19. The fourth-order valence-electron chi connectivity index (χ4n) is 3.89. The lowest BCUT2D eigenvalue weighted by Gasteiger charge is -2.30. The van der Waals surface area contributed by atoms with Crippen molar-refractivity contribution in [1.82, 2.24) is 19.7 Å². The molecule has 1 saturated heterocycles. The number of fused-ring (bicyclic) bond motifs is 1. The van der Waals surface area contributed by atoms with Gasteiger partial charge >= 0.3 is 0 Å². The van der Waals surface area contributed by atoms with Crippen molar-refractivity contribution in [2.45, 2.75) is 25.3 Å². The Kier molecular flexibility index (Phi) is 4.22. The number of piperidine rings is 1. The number of hydrogen-bond acceptors (Lipinski definition) is 4. The zero-order valence-corrected chi connectivity index (χ0v) is 15.2. The Bertz CT molecular complexity index is 1000. The molecule has 1 unspecified atom stereocenters. The number of aromatic nitrogens is 3. The molecule has 2 aromatic carbocycles. The molecule has 1 atom stereocenters. The lowest BCUT2D eigenvalue weighted by molar-refractivity contribution is 0.187. The van der Waals surface area contributed by atoms with E-state index in [0.29, 0.717) is 5.92 Å². The van der Waals surface area contributed by atoms with Crippen LogP contribution in [0.25, 0.3) is 16.8 Å². The van der Waals surface area contributed by atoms with Gasteiger partial charge in [0.2, 0.25) is 0 Å². The maximum atomic E-state index is 6.01.